The van der Waals surface area contributed by atoms with E-state index in [2.05, 4.69) is 22.9 Å². The molecule has 26 heavy (non-hydrogen) atoms. The number of hydrogen-bond donors (Lipinski definition) is 0. The Bertz CT molecular complexity index is 893. The zero-order valence-corrected chi connectivity index (χ0v) is 16.8. The molecule has 2 heterocycles. The molecule has 0 unspecified atom stereocenters. The Morgan fingerprint density at radius 3 is 2.81 bits per heavy atom. The van der Waals surface area contributed by atoms with Crippen LogP contribution in [0, 0.1) is 0 Å². The highest BCUT2D eigenvalue weighted by molar-refractivity contribution is 9.10. The van der Waals surface area contributed by atoms with Gasteiger partial charge in [0, 0.05) is 9.35 Å². The average molecular weight is 431 g/mol. The minimum atomic E-state index is -0.0171. The van der Waals surface area contributed by atoms with Crippen molar-refractivity contribution in [3.63, 3.8) is 0 Å². The van der Waals surface area contributed by atoms with Crippen molar-refractivity contribution in [2.24, 2.45) is 0 Å². The van der Waals surface area contributed by atoms with Crippen LogP contribution in [0.15, 0.2) is 63.5 Å². The normalized spacial score (nSPS) is 11.2. The molecule has 2 aromatic heterocycles. The standard InChI is InChI=1S/C21H19BrO3S/c1-2-6-20-18(22)13-21(26-20)19(23)12-11-16-9-10-17(25-16)14-24-15-7-4-3-5-8-15/h3-5,7-13H,2,6,14H2,1H3/b12-11+. The zero-order chi connectivity index (χ0) is 18.4. The van der Waals surface area contributed by atoms with E-state index in [1.807, 2.05) is 48.5 Å². The second-order valence-corrected chi connectivity index (χ2v) is 7.73. The smallest absolute Gasteiger partial charge is 0.195 e. The molecule has 5 heteroatoms. The molecule has 0 spiro atoms. The molecule has 0 aliphatic rings. The predicted molar refractivity (Wildman–Crippen MR) is 109 cm³/mol. The van der Waals surface area contributed by atoms with Crippen molar-refractivity contribution in [3.8, 4) is 5.75 Å². The van der Waals surface area contributed by atoms with Gasteiger partial charge in [-0.3, -0.25) is 4.79 Å². The van der Waals surface area contributed by atoms with Crippen molar-refractivity contribution in [2.45, 2.75) is 26.4 Å². The van der Waals surface area contributed by atoms with Crippen LogP contribution in [0.25, 0.3) is 6.08 Å². The fraction of sp³-hybridized carbons (Fsp3) is 0.190. The number of rotatable bonds is 8. The third-order valence-electron chi connectivity index (χ3n) is 3.68. The summed E-state index contributed by atoms with van der Waals surface area (Å²) >= 11 is 5.06. The molecular weight excluding hydrogens is 412 g/mol. The maximum Gasteiger partial charge on any atom is 0.195 e. The molecule has 0 atom stereocenters. The number of benzene rings is 1. The number of hydrogen-bond acceptors (Lipinski definition) is 4. The minimum Gasteiger partial charge on any atom is -0.486 e. The van der Waals surface area contributed by atoms with Crippen LogP contribution >= 0.6 is 27.3 Å². The Balaban J connectivity index is 1.59. The number of carbonyl (C=O) groups excluding carboxylic acids is 1. The monoisotopic (exact) mass is 430 g/mol. The van der Waals surface area contributed by atoms with Crippen LogP contribution in [0.2, 0.25) is 0 Å². The lowest BCUT2D eigenvalue weighted by Crippen LogP contribution is -1.92. The Morgan fingerprint density at radius 2 is 2.04 bits per heavy atom. The van der Waals surface area contributed by atoms with Gasteiger partial charge in [-0.1, -0.05) is 31.5 Å². The molecule has 0 bridgehead atoms. The SMILES string of the molecule is CCCc1sc(C(=O)/C=C/c2ccc(COc3ccccc3)o2)cc1Br. The number of ether oxygens (including phenoxy) is 1. The van der Waals surface area contributed by atoms with E-state index in [0.717, 1.165) is 27.9 Å². The summed E-state index contributed by atoms with van der Waals surface area (Å²) in [4.78, 5) is 14.3. The third-order valence-corrected chi connectivity index (χ3v) is 5.86. The van der Waals surface area contributed by atoms with E-state index in [1.165, 1.54) is 4.88 Å². The number of thiophene rings is 1. The highest BCUT2D eigenvalue weighted by Crippen LogP contribution is 2.29. The van der Waals surface area contributed by atoms with Crippen LogP contribution in [0.1, 0.15) is 39.4 Å². The first-order valence-electron chi connectivity index (χ1n) is 8.43. The van der Waals surface area contributed by atoms with Gasteiger partial charge in [-0.2, -0.15) is 0 Å². The van der Waals surface area contributed by atoms with Crippen molar-refractivity contribution >= 4 is 39.1 Å². The number of ketones is 1. The quantitative estimate of drug-likeness (QED) is 0.301. The van der Waals surface area contributed by atoms with Gasteiger partial charge >= 0.3 is 0 Å². The zero-order valence-electron chi connectivity index (χ0n) is 14.4. The lowest BCUT2D eigenvalue weighted by Gasteiger charge is -2.02. The molecule has 0 radical (unpaired) electrons. The maximum absolute atomic E-state index is 12.3. The topological polar surface area (TPSA) is 39.4 Å². The van der Waals surface area contributed by atoms with E-state index in [-0.39, 0.29) is 5.78 Å². The number of furan rings is 1. The van der Waals surface area contributed by atoms with Crippen LogP contribution in [0.4, 0.5) is 0 Å². The Morgan fingerprint density at radius 1 is 1.23 bits per heavy atom. The van der Waals surface area contributed by atoms with Gasteiger partial charge in [0.1, 0.15) is 23.9 Å². The molecule has 1 aromatic carbocycles. The fourth-order valence-corrected chi connectivity index (χ4v) is 4.29. The summed E-state index contributed by atoms with van der Waals surface area (Å²) in [6.45, 7) is 2.48. The Hall–Kier alpha value is -2.11. The average Bonchev–Trinajstić information content (AvgIpc) is 3.26. The number of carbonyl (C=O) groups is 1. The van der Waals surface area contributed by atoms with Crippen molar-refractivity contribution in [1.29, 1.82) is 0 Å². The van der Waals surface area contributed by atoms with E-state index in [0.29, 0.717) is 18.1 Å². The van der Waals surface area contributed by atoms with Gasteiger partial charge in [0.25, 0.3) is 0 Å². The van der Waals surface area contributed by atoms with E-state index in [9.17, 15) is 4.79 Å². The van der Waals surface area contributed by atoms with Gasteiger partial charge in [0.15, 0.2) is 5.78 Å². The molecule has 0 aliphatic carbocycles. The summed E-state index contributed by atoms with van der Waals surface area (Å²) in [5.74, 6) is 2.12. The molecule has 0 aliphatic heterocycles. The van der Waals surface area contributed by atoms with E-state index < -0.39 is 0 Å². The molecule has 3 aromatic rings. The minimum absolute atomic E-state index is 0.0171. The van der Waals surface area contributed by atoms with Crippen LogP contribution in [0.3, 0.4) is 0 Å². The number of aryl methyl sites for hydroxylation is 1. The van der Waals surface area contributed by atoms with Gasteiger partial charge in [-0.25, -0.2) is 0 Å². The van der Waals surface area contributed by atoms with Gasteiger partial charge in [0.2, 0.25) is 0 Å². The fourth-order valence-electron chi connectivity index (χ4n) is 2.40. The molecule has 0 fully saturated rings. The van der Waals surface area contributed by atoms with Crippen molar-refractivity contribution < 1.29 is 13.9 Å². The van der Waals surface area contributed by atoms with Crippen LogP contribution in [-0.2, 0) is 13.0 Å². The molecular formula is C21H19BrO3S. The molecule has 134 valence electrons. The second-order valence-electron chi connectivity index (χ2n) is 5.74. The number of allylic oxidation sites excluding steroid dienone is 1. The van der Waals surface area contributed by atoms with Gasteiger partial charge < -0.3 is 9.15 Å². The van der Waals surface area contributed by atoms with Crippen LogP contribution in [0.5, 0.6) is 5.75 Å². The van der Waals surface area contributed by atoms with E-state index in [4.69, 9.17) is 9.15 Å². The summed E-state index contributed by atoms with van der Waals surface area (Å²) in [7, 11) is 0. The summed E-state index contributed by atoms with van der Waals surface area (Å²) < 4.78 is 12.4. The van der Waals surface area contributed by atoms with Crippen molar-refractivity contribution in [2.75, 3.05) is 0 Å². The predicted octanol–water partition coefficient (Wildman–Crippen LogP) is 6.53. The third kappa shape index (κ3) is 4.96. The molecule has 3 nitrogen and oxygen atoms in total. The summed E-state index contributed by atoms with van der Waals surface area (Å²) in [6, 6.07) is 15.2. The lowest BCUT2D eigenvalue weighted by molar-refractivity contribution is 0.105. The first-order valence-corrected chi connectivity index (χ1v) is 10.0. The van der Waals surface area contributed by atoms with Crippen LogP contribution < -0.4 is 4.74 Å². The first kappa shape index (κ1) is 18.7. The second kappa shape index (κ2) is 9.01. The Kier molecular flexibility index (Phi) is 6.47. The van der Waals surface area contributed by atoms with Crippen molar-refractivity contribution in [1.82, 2.24) is 0 Å². The largest absolute Gasteiger partial charge is 0.486 e. The molecule has 0 saturated carbocycles. The van der Waals surface area contributed by atoms with E-state index in [1.54, 1.807) is 23.5 Å². The highest BCUT2D eigenvalue weighted by atomic mass is 79.9. The highest BCUT2D eigenvalue weighted by Gasteiger charge is 2.11. The molecule has 3 rings (SSSR count). The molecule has 0 amide bonds. The van der Waals surface area contributed by atoms with Gasteiger partial charge in [-0.15, -0.1) is 11.3 Å². The van der Waals surface area contributed by atoms with Crippen molar-refractivity contribution in [3.05, 3.63) is 80.4 Å². The Labute approximate surface area is 165 Å². The van der Waals surface area contributed by atoms with Gasteiger partial charge in [0.05, 0.1) is 4.88 Å². The van der Waals surface area contributed by atoms with Gasteiger partial charge in [-0.05, 0) is 64.8 Å². The van der Waals surface area contributed by atoms with E-state index >= 15 is 0 Å². The number of para-hydroxylation sites is 1. The number of halogens is 1. The summed E-state index contributed by atoms with van der Waals surface area (Å²) in [5.41, 5.74) is 0. The summed E-state index contributed by atoms with van der Waals surface area (Å²) in [6.07, 6.45) is 5.28. The summed E-state index contributed by atoms with van der Waals surface area (Å²) in [5, 5.41) is 0. The van der Waals surface area contributed by atoms with Crippen LogP contribution in [-0.4, -0.2) is 5.78 Å². The first-order chi connectivity index (χ1) is 12.7. The maximum atomic E-state index is 12.3. The lowest BCUT2D eigenvalue weighted by atomic mass is 10.2. The molecule has 0 N–H and O–H groups in total. The molecule has 0 saturated heterocycles.